The monoisotopic (exact) mass is 380 g/mol. The molecule has 0 saturated heterocycles. The van der Waals surface area contributed by atoms with Crippen LogP contribution in [0.1, 0.15) is 46.6 Å². The van der Waals surface area contributed by atoms with E-state index >= 15 is 0 Å². The summed E-state index contributed by atoms with van der Waals surface area (Å²) in [5, 5.41) is 6.73. The number of carbonyl (C=O) groups is 2. The topological polar surface area (TPSA) is 67.4 Å². The van der Waals surface area contributed by atoms with Crippen molar-refractivity contribution in [3.63, 3.8) is 0 Å². The van der Waals surface area contributed by atoms with Crippen LogP contribution in [0.4, 0.5) is 5.69 Å². The molecule has 0 aromatic heterocycles. The molecule has 1 unspecified atom stereocenters. The number of ether oxygens (including phenoxy) is 1. The summed E-state index contributed by atoms with van der Waals surface area (Å²) in [5.74, 6) is 0.619. The van der Waals surface area contributed by atoms with Crippen molar-refractivity contribution >= 4 is 28.5 Å². The van der Waals surface area contributed by atoms with Gasteiger partial charge in [-0.1, -0.05) is 23.9 Å². The minimum absolute atomic E-state index is 0.170. The van der Waals surface area contributed by atoms with E-state index < -0.39 is 5.60 Å². The van der Waals surface area contributed by atoms with Crippen molar-refractivity contribution in [2.45, 2.75) is 59.1 Å². The molecule has 1 aromatic carbocycles. The number of thioether (sulfide) groups is 1. The maximum atomic E-state index is 11.7. The second-order valence-corrected chi connectivity index (χ2v) is 8.66. The molecule has 5 nitrogen and oxygen atoms in total. The summed E-state index contributed by atoms with van der Waals surface area (Å²) < 4.78 is 5.29. The first kappa shape index (κ1) is 22.5. The van der Waals surface area contributed by atoms with Crippen molar-refractivity contribution < 1.29 is 14.3 Å². The molecule has 1 aromatic rings. The maximum Gasteiger partial charge on any atom is 0.320 e. The number of anilines is 1. The van der Waals surface area contributed by atoms with Crippen LogP contribution in [0.25, 0.3) is 0 Å². The van der Waals surface area contributed by atoms with Gasteiger partial charge in [0.05, 0.1) is 6.54 Å². The van der Waals surface area contributed by atoms with Crippen molar-refractivity contribution in [3.8, 4) is 0 Å². The van der Waals surface area contributed by atoms with Crippen LogP contribution in [0.15, 0.2) is 24.3 Å². The summed E-state index contributed by atoms with van der Waals surface area (Å²) in [5.41, 5.74) is 1.85. The summed E-state index contributed by atoms with van der Waals surface area (Å²) >= 11 is 1.37. The summed E-state index contributed by atoms with van der Waals surface area (Å²) in [7, 11) is 0. The molecular formula is C20H32N2O3S. The Morgan fingerprint density at radius 1 is 1.19 bits per heavy atom. The number of nitrogens with one attached hydrogen (secondary N) is 2. The van der Waals surface area contributed by atoms with Gasteiger partial charge in [-0.2, -0.15) is 0 Å². The Morgan fingerprint density at radius 3 is 2.42 bits per heavy atom. The highest BCUT2D eigenvalue weighted by Crippen LogP contribution is 2.12. The zero-order valence-corrected chi connectivity index (χ0v) is 17.4. The zero-order valence-electron chi connectivity index (χ0n) is 16.6. The van der Waals surface area contributed by atoms with E-state index in [-0.39, 0.29) is 23.7 Å². The molecule has 0 fully saturated rings. The minimum atomic E-state index is -0.449. The molecule has 1 atom stereocenters. The predicted octanol–water partition coefficient (Wildman–Crippen LogP) is 3.63. The van der Waals surface area contributed by atoms with Crippen molar-refractivity contribution in [2.24, 2.45) is 0 Å². The van der Waals surface area contributed by atoms with Gasteiger partial charge in [0.15, 0.2) is 5.12 Å². The van der Waals surface area contributed by atoms with Gasteiger partial charge >= 0.3 is 5.97 Å². The van der Waals surface area contributed by atoms with E-state index in [2.05, 4.69) is 41.8 Å². The van der Waals surface area contributed by atoms with Gasteiger partial charge in [-0.3, -0.25) is 9.59 Å². The number of esters is 1. The Kier molecular flexibility index (Phi) is 9.73. The largest absolute Gasteiger partial charge is 0.459 e. The van der Waals surface area contributed by atoms with E-state index in [1.165, 1.54) is 17.3 Å². The average Bonchev–Trinajstić information content (AvgIpc) is 2.52. The lowest BCUT2D eigenvalue weighted by molar-refractivity contribution is -0.153. The van der Waals surface area contributed by atoms with Gasteiger partial charge in [0.25, 0.3) is 0 Å². The van der Waals surface area contributed by atoms with E-state index in [0.717, 1.165) is 30.8 Å². The third kappa shape index (κ3) is 11.2. The first-order valence-corrected chi connectivity index (χ1v) is 10.1. The van der Waals surface area contributed by atoms with Gasteiger partial charge in [0, 0.05) is 31.0 Å². The van der Waals surface area contributed by atoms with Crippen LogP contribution < -0.4 is 10.6 Å². The molecule has 0 aliphatic rings. The second-order valence-electron chi connectivity index (χ2n) is 7.39. The molecule has 0 bridgehead atoms. The normalized spacial score (nSPS) is 12.5. The van der Waals surface area contributed by atoms with E-state index in [1.807, 2.05) is 20.8 Å². The van der Waals surface area contributed by atoms with Crippen molar-refractivity contribution in [2.75, 3.05) is 24.2 Å². The summed E-state index contributed by atoms with van der Waals surface area (Å²) in [6.45, 7) is 10.3. The Balaban J connectivity index is 2.28. The Labute approximate surface area is 161 Å². The van der Waals surface area contributed by atoms with Crippen molar-refractivity contribution in [1.82, 2.24) is 5.32 Å². The van der Waals surface area contributed by atoms with Gasteiger partial charge in [0.1, 0.15) is 5.60 Å². The van der Waals surface area contributed by atoms with E-state index in [9.17, 15) is 9.59 Å². The van der Waals surface area contributed by atoms with Crippen LogP contribution >= 0.6 is 11.8 Å². The molecule has 146 valence electrons. The number of rotatable bonds is 10. The van der Waals surface area contributed by atoms with Crippen LogP contribution in [-0.4, -0.2) is 41.6 Å². The molecule has 2 N–H and O–H groups in total. The van der Waals surface area contributed by atoms with E-state index in [1.54, 1.807) is 6.92 Å². The quantitative estimate of drug-likeness (QED) is 0.477. The van der Waals surface area contributed by atoms with Crippen LogP contribution in [-0.2, 0) is 20.7 Å². The smallest absolute Gasteiger partial charge is 0.320 e. The minimum Gasteiger partial charge on any atom is -0.459 e. The number of benzene rings is 1. The van der Waals surface area contributed by atoms with Gasteiger partial charge in [-0.15, -0.1) is 0 Å². The standard InChI is InChI=1S/C20H32N2O3S/c1-15(22-14-19(24)25-20(3,4)5)13-17-7-9-18(10-8-17)21-11-6-12-26-16(2)23/h7-10,15,21-22H,6,11-14H2,1-5H3. The van der Waals surface area contributed by atoms with E-state index in [4.69, 9.17) is 4.74 Å². The Bertz CT molecular complexity index is 567. The molecule has 0 aliphatic heterocycles. The van der Waals surface area contributed by atoms with E-state index in [0.29, 0.717) is 0 Å². The molecule has 0 radical (unpaired) electrons. The molecule has 26 heavy (non-hydrogen) atoms. The lowest BCUT2D eigenvalue weighted by Gasteiger charge is -2.21. The van der Waals surface area contributed by atoms with Gasteiger partial charge in [0.2, 0.25) is 0 Å². The second kappa shape index (κ2) is 11.2. The van der Waals surface area contributed by atoms with Crippen LogP contribution in [0.3, 0.4) is 0 Å². The molecule has 0 heterocycles. The van der Waals surface area contributed by atoms with Crippen molar-refractivity contribution in [3.05, 3.63) is 29.8 Å². The summed E-state index contributed by atoms with van der Waals surface area (Å²) in [6, 6.07) is 8.50. The number of hydrogen-bond acceptors (Lipinski definition) is 6. The summed E-state index contributed by atoms with van der Waals surface area (Å²) in [6.07, 6.45) is 1.80. The summed E-state index contributed by atoms with van der Waals surface area (Å²) in [4.78, 5) is 22.6. The first-order valence-electron chi connectivity index (χ1n) is 9.07. The van der Waals surface area contributed by atoms with Gasteiger partial charge < -0.3 is 15.4 Å². The molecule has 0 spiro atoms. The maximum absolute atomic E-state index is 11.7. The molecule has 0 amide bonds. The average molecular weight is 381 g/mol. The lowest BCUT2D eigenvalue weighted by atomic mass is 10.1. The number of carbonyl (C=O) groups excluding carboxylic acids is 2. The Hall–Kier alpha value is -1.53. The SMILES string of the molecule is CC(=O)SCCCNc1ccc(CC(C)NCC(=O)OC(C)(C)C)cc1. The Morgan fingerprint density at radius 2 is 1.85 bits per heavy atom. The van der Waals surface area contributed by atoms with Crippen LogP contribution in [0.5, 0.6) is 0 Å². The lowest BCUT2D eigenvalue weighted by Crippen LogP contribution is -2.36. The molecule has 0 aliphatic carbocycles. The molecule has 6 heteroatoms. The third-order valence-electron chi connectivity index (χ3n) is 3.47. The molecule has 1 rings (SSSR count). The fraction of sp³-hybridized carbons (Fsp3) is 0.600. The van der Waals surface area contributed by atoms with Gasteiger partial charge in [-0.05, 0) is 58.2 Å². The predicted molar refractivity (Wildman–Crippen MR) is 110 cm³/mol. The molecular weight excluding hydrogens is 348 g/mol. The fourth-order valence-electron chi connectivity index (χ4n) is 2.34. The zero-order chi connectivity index (χ0) is 19.6. The highest BCUT2D eigenvalue weighted by atomic mass is 32.2. The highest BCUT2D eigenvalue weighted by Gasteiger charge is 2.16. The van der Waals surface area contributed by atoms with Crippen LogP contribution in [0.2, 0.25) is 0 Å². The number of hydrogen-bond donors (Lipinski definition) is 2. The molecule has 0 saturated carbocycles. The van der Waals surface area contributed by atoms with Gasteiger partial charge in [-0.25, -0.2) is 0 Å². The van der Waals surface area contributed by atoms with Crippen LogP contribution in [0, 0.1) is 0 Å². The first-order chi connectivity index (χ1) is 12.2. The third-order valence-corrected chi connectivity index (χ3v) is 4.37. The van der Waals surface area contributed by atoms with Crippen molar-refractivity contribution in [1.29, 1.82) is 0 Å². The highest BCUT2D eigenvalue weighted by molar-refractivity contribution is 8.13. The fourth-order valence-corrected chi connectivity index (χ4v) is 2.92.